The zero-order chi connectivity index (χ0) is 21.0. The maximum atomic E-state index is 11.1. The summed E-state index contributed by atoms with van der Waals surface area (Å²) in [5.74, 6) is 4.70. The summed E-state index contributed by atoms with van der Waals surface area (Å²) in [6.07, 6.45) is 13.8. The molecule has 0 radical (unpaired) electrons. The number of aliphatic hydroxyl groups is 2. The highest BCUT2D eigenvalue weighted by Crippen LogP contribution is 2.67. The van der Waals surface area contributed by atoms with E-state index in [1.165, 1.54) is 50.5 Å². The lowest BCUT2D eigenvalue weighted by molar-refractivity contribution is -0.0874. The van der Waals surface area contributed by atoms with Crippen LogP contribution in [0.1, 0.15) is 98.8 Å². The van der Waals surface area contributed by atoms with Gasteiger partial charge < -0.3 is 10.2 Å². The molecular formula is C27H46O2. The third-order valence-corrected chi connectivity index (χ3v) is 10.3. The van der Waals surface area contributed by atoms with Crippen LogP contribution in [0.3, 0.4) is 0 Å². The quantitative estimate of drug-likeness (QED) is 0.525. The maximum Gasteiger partial charge on any atom is 0.0759 e. The van der Waals surface area contributed by atoms with E-state index in [9.17, 15) is 10.2 Å². The van der Waals surface area contributed by atoms with Crippen molar-refractivity contribution >= 4 is 0 Å². The fourth-order valence-corrected chi connectivity index (χ4v) is 8.78. The Labute approximate surface area is 179 Å². The second-order valence-corrected chi connectivity index (χ2v) is 12.3. The van der Waals surface area contributed by atoms with Crippen molar-refractivity contribution in [1.29, 1.82) is 0 Å². The van der Waals surface area contributed by atoms with Gasteiger partial charge in [0.25, 0.3) is 0 Å². The van der Waals surface area contributed by atoms with Crippen LogP contribution in [0.2, 0.25) is 0 Å². The summed E-state index contributed by atoms with van der Waals surface area (Å²) in [4.78, 5) is 0. The minimum atomic E-state index is -0.347. The molecule has 29 heavy (non-hydrogen) atoms. The molecule has 0 heterocycles. The average molecular weight is 403 g/mol. The normalized spacial score (nSPS) is 47.9. The first-order valence-electron chi connectivity index (χ1n) is 12.7. The van der Waals surface area contributed by atoms with E-state index in [0.717, 1.165) is 42.9 Å². The van der Waals surface area contributed by atoms with Gasteiger partial charge in [-0.15, -0.1) is 0 Å². The van der Waals surface area contributed by atoms with Crippen molar-refractivity contribution in [3.8, 4) is 0 Å². The Balaban J connectivity index is 1.52. The third-order valence-electron chi connectivity index (χ3n) is 10.3. The average Bonchev–Trinajstić information content (AvgIpc) is 3.00. The molecule has 2 N–H and O–H groups in total. The molecule has 0 aromatic rings. The molecular weight excluding hydrogens is 356 g/mol. The van der Waals surface area contributed by atoms with Crippen LogP contribution in [0, 0.1) is 46.3 Å². The Hall–Kier alpha value is -0.340. The Morgan fingerprint density at radius 1 is 0.966 bits per heavy atom. The van der Waals surface area contributed by atoms with Crippen LogP contribution in [-0.4, -0.2) is 22.4 Å². The summed E-state index contributed by atoms with van der Waals surface area (Å²) in [5, 5.41) is 21.3. The molecule has 0 aliphatic heterocycles. The molecule has 3 saturated carbocycles. The van der Waals surface area contributed by atoms with Gasteiger partial charge in [-0.25, -0.2) is 0 Å². The monoisotopic (exact) mass is 402 g/mol. The van der Waals surface area contributed by atoms with Gasteiger partial charge in [-0.1, -0.05) is 60.0 Å². The lowest BCUT2D eigenvalue weighted by Gasteiger charge is -2.60. The lowest BCUT2D eigenvalue weighted by Crippen LogP contribution is -2.54. The van der Waals surface area contributed by atoms with Crippen molar-refractivity contribution in [1.82, 2.24) is 0 Å². The van der Waals surface area contributed by atoms with Gasteiger partial charge in [0.1, 0.15) is 0 Å². The fourth-order valence-electron chi connectivity index (χ4n) is 8.78. The van der Waals surface area contributed by atoms with E-state index in [1.54, 1.807) is 0 Å². The van der Waals surface area contributed by atoms with Crippen molar-refractivity contribution in [2.24, 2.45) is 46.3 Å². The summed E-state index contributed by atoms with van der Waals surface area (Å²) in [6.45, 7) is 12.3. The highest BCUT2D eigenvalue weighted by Gasteiger charge is 2.60. The van der Waals surface area contributed by atoms with Crippen LogP contribution in [0.25, 0.3) is 0 Å². The molecule has 0 aromatic heterocycles. The Kier molecular flexibility index (Phi) is 6.01. The van der Waals surface area contributed by atoms with E-state index in [0.29, 0.717) is 17.3 Å². The second kappa shape index (κ2) is 7.97. The lowest BCUT2D eigenvalue weighted by atomic mass is 9.46. The summed E-state index contributed by atoms with van der Waals surface area (Å²) in [6, 6.07) is 0. The van der Waals surface area contributed by atoms with Gasteiger partial charge in [-0.05, 0) is 96.9 Å². The first-order valence-corrected chi connectivity index (χ1v) is 12.7. The number of fused-ring (bicyclic) bond motifs is 5. The molecule has 0 saturated heterocycles. The summed E-state index contributed by atoms with van der Waals surface area (Å²) < 4.78 is 0. The molecule has 0 amide bonds. The fraction of sp³-hybridized carbons (Fsp3) is 0.926. The van der Waals surface area contributed by atoms with Gasteiger partial charge in [-0.2, -0.15) is 0 Å². The Bertz CT molecular complexity index is 624. The van der Waals surface area contributed by atoms with Crippen LogP contribution in [0.15, 0.2) is 11.6 Å². The number of rotatable bonds is 5. The molecule has 2 heteroatoms. The smallest absolute Gasteiger partial charge is 0.0759 e. The van der Waals surface area contributed by atoms with Crippen molar-refractivity contribution in [2.75, 3.05) is 0 Å². The molecule has 2 nitrogen and oxygen atoms in total. The van der Waals surface area contributed by atoms with Crippen LogP contribution < -0.4 is 0 Å². The van der Waals surface area contributed by atoms with Crippen molar-refractivity contribution in [2.45, 2.75) is 111 Å². The standard InChI is InChI=1S/C27H46O2/c1-17(2)7-6-8-18(3)21-9-10-22-20-16-25(29)24-15-19(28)11-13-27(24,5)23(20)12-14-26(21,22)4/h15,17-23,25,28-29H,6-14,16H2,1-5H3/t18-,19?,20+,21-,22+,23+,25?,26-,27-/m1/s1. The Morgan fingerprint density at radius 3 is 2.45 bits per heavy atom. The number of aliphatic hydroxyl groups excluding tert-OH is 2. The SMILES string of the molecule is CC(C)CCC[C@@H](C)[C@H]1CC[C@H]2[C@@H]3CC(O)C4=CC(O)CC[C@]4(C)[C@H]3CC[C@]12C. The Morgan fingerprint density at radius 2 is 1.72 bits per heavy atom. The van der Waals surface area contributed by atoms with Crippen LogP contribution in [0.4, 0.5) is 0 Å². The summed E-state index contributed by atoms with van der Waals surface area (Å²) in [7, 11) is 0. The highest BCUT2D eigenvalue weighted by molar-refractivity contribution is 5.29. The predicted molar refractivity (Wildman–Crippen MR) is 120 cm³/mol. The van der Waals surface area contributed by atoms with Crippen LogP contribution >= 0.6 is 0 Å². The first kappa shape index (κ1) is 21.9. The molecule has 166 valence electrons. The molecule has 9 atom stereocenters. The third kappa shape index (κ3) is 3.65. The number of hydrogen-bond acceptors (Lipinski definition) is 2. The maximum absolute atomic E-state index is 11.1. The van der Waals surface area contributed by atoms with Gasteiger partial charge in [0.15, 0.2) is 0 Å². The molecule has 4 aliphatic carbocycles. The molecule has 4 aliphatic rings. The molecule has 4 rings (SSSR count). The van der Waals surface area contributed by atoms with E-state index in [2.05, 4.69) is 34.6 Å². The minimum absolute atomic E-state index is 0.115. The van der Waals surface area contributed by atoms with Crippen molar-refractivity contribution < 1.29 is 10.2 Å². The molecule has 2 unspecified atom stereocenters. The molecule has 0 aromatic carbocycles. The number of hydrogen-bond donors (Lipinski definition) is 2. The largest absolute Gasteiger partial charge is 0.389 e. The van der Waals surface area contributed by atoms with Gasteiger partial charge >= 0.3 is 0 Å². The first-order chi connectivity index (χ1) is 13.7. The highest BCUT2D eigenvalue weighted by atomic mass is 16.3. The summed E-state index contributed by atoms with van der Waals surface area (Å²) >= 11 is 0. The van der Waals surface area contributed by atoms with E-state index in [4.69, 9.17) is 0 Å². The minimum Gasteiger partial charge on any atom is -0.389 e. The van der Waals surface area contributed by atoms with Crippen LogP contribution in [0.5, 0.6) is 0 Å². The van der Waals surface area contributed by atoms with Gasteiger partial charge in [0, 0.05) is 0 Å². The van der Waals surface area contributed by atoms with Crippen molar-refractivity contribution in [3.05, 3.63) is 11.6 Å². The van der Waals surface area contributed by atoms with E-state index >= 15 is 0 Å². The van der Waals surface area contributed by atoms with Crippen molar-refractivity contribution in [3.63, 3.8) is 0 Å². The topological polar surface area (TPSA) is 40.5 Å². The van der Waals surface area contributed by atoms with E-state index < -0.39 is 0 Å². The molecule has 0 spiro atoms. The second-order valence-electron chi connectivity index (χ2n) is 12.3. The zero-order valence-electron chi connectivity index (χ0n) is 19.7. The van der Waals surface area contributed by atoms with E-state index in [-0.39, 0.29) is 17.6 Å². The van der Waals surface area contributed by atoms with Gasteiger partial charge in [0.2, 0.25) is 0 Å². The van der Waals surface area contributed by atoms with E-state index in [1.807, 2.05) is 6.08 Å². The van der Waals surface area contributed by atoms with Gasteiger partial charge in [0.05, 0.1) is 12.2 Å². The van der Waals surface area contributed by atoms with Gasteiger partial charge in [-0.3, -0.25) is 0 Å². The zero-order valence-corrected chi connectivity index (χ0v) is 19.7. The predicted octanol–water partition coefficient (Wildman–Crippen LogP) is 6.36. The molecule has 0 bridgehead atoms. The van der Waals surface area contributed by atoms with Crippen LogP contribution in [-0.2, 0) is 0 Å². The molecule has 3 fully saturated rings. The summed E-state index contributed by atoms with van der Waals surface area (Å²) in [5.41, 5.74) is 1.77.